The number of amides is 1. The first-order valence-corrected chi connectivity index (χ1v) is 9.52. The maximum absolute atomic E-state index is 12.4. The Morgan fingerprint density at radius 2 is 1.68 bits per heavy atom. The molecule has 3 aromatic carbocycles. The monoisotopic (exact) mass is 438 g/mol. The van der Waals surface area contributed by atoms with E-state index in [-0.39, 0.29) is 17.2 Å². The molecule has 0 radical (unpaired) electrons. The smallest absolute Gasteiger partial charge is 0.345 e. The summed E-state index contributed by atoms with van der Waals surface area (Å²) in [6.07, 6.45) is 1.45. The highest BCUT2D eigenvalue weighted by molar-refractivity contribution is 6.33. The van der Waals surface area contributed by atoms with Crippen molar-refractivity contribution in [2.75, 3.05) is 14.2 Å². The van der Waals surface area contributed by atoms with E-state index in [1.165, 1.54) is 13.3 Å². The van der Waals surface area contributed by atoms with Crippen molar-refractivity contribution in [3.8, 4) is 17.2 Å². The summed E-state index contributed by atoms with van der Waals surface area (Å²) in [6.45, 7) is 0. The lowest BCUT2D eigenvalue weighted by molar-refractivity contribution is 0.0729. The second-order valence-electron chi connectivity index (χ2n) is 6.21. The molecule has 0 saturated carbocycles. The predicted octanol–water partition coefficient (Wildman–Crippen LogP) is 4.34. The molecule has 1 N–H and O–H groups in total. The Hall–Kier alpha value is -3.84. The van der Waals surface area contributed by atoms with Crippen molar-refractivity contribution in [3.05, 3.63) is 88.4 Å². The van der Waals surface area contributed by atoms with Gasteiger partial charge in [0.2, 0.25) is 0 Å². The summed E-state index contributed by atoms with van der Waals surface area (Å²) in [5.41, 5.74) is 3.77. The summed E-state index contributed by atoms with van der Waals surface area (Å²) < 4.78 is 15.8. The van der Waals surface area contributed by atoms with Crippen LogP contribution in [0.3, 0.4) is 0 Å². The molecule has 0 fully saturated rings. The number of hydrogen-bond donors (Lipinski definition) is 1. The maximum atomic E-state index is 12.4. The summed E-state index contributed by atoms with van der Waals surface area (Å²) >= 11 is 6.04. The molecule has 0 aliphatic rings. The van der Waals surface area contributed by atoms with Gasteiger partial charge in [0.1, 0.15) is 5.75 Å². The van der Waals surface area contributed by atoms with Crippen LogP contribution in [0.5, 0.6) is 17.2 Å². The molecule has 7 nitrogen and oxygen atoms in total. The minimum Gasteiger partial charge on any atom is -0.497 e. The van der Waals surface area contributed by atoms with Crippen LogP contribution in [0.4, 0.5) is 0 Å². The minimum atomic E-state index is -0.600. The quantitative estimate of drug-likeness (QED) is 0.256. The fourth-order valence-electron chi connectivity index (χ4n) is 2.60. The number of carbonyl (C=O) groups is 2. The van der Waals surface area contributed by atoms with E-state index in [1.807, 2.05) is 0 Å². The van der Waals surface area contributed by atoms with Gasteiger partial charge < -0.3 is 14.2 Å². The highest BCUT2D eigenvalue weighted by Gasteiger charge is 2.15. The molecule has 0 aromatic heterocycles. The van der Waals surface area contributed by atoms with Crippen LogP contribution in [-0.4, -0.2) is 32.3 Å². The summed E-state index contributed by atoms with van der Waals surface area (Å²) in [4.78, 5) is 24.5. The maximum Gasteiger partial charge on any atom is 0.345 e. The number of hydrazone groups is 1. The summed E-state index contributed by atoms with van der Waals surface area (Å²) in [7, 11) is 3.01. The first kappa shape index (κ1) is 21.9. The van der Waals surface area contributed by atoms with Gasteiger partial charge in [-0.3, -0.25) is 4.79 Å². The zero-order valence-electron chi connectivity index (χ0n) is 16.8. The Morgan fingerprint density at radius 3 is 2.35 bits per heavy atom. The summed E-state index contributed by atoms with van der Waals surface area (Å²) in [6, 6.07) is 18.1. The Morgan fingerprint density at radius 1 is 0.935 bits per heavy atom. The van der Waals surface area contributed by atoms with Crippen molar-refractivity contribution < 1.29 is 23.8 Å². The van der Waals surface area contributed by atoms with Crippen LogP contribution in [0.2, 0.25) is 5.02 Å². The third kappa shape index (κ3) is 5.61. The molecule has 1 amide bonds. The molecular weight excluding hydrogens is 420 g/mol. The summed E-state index contributed by atoms with van der Waals surface area (Å²) in [5, 5.41) is 4.24. The molecule has 8 heteroatoms. The number of esters is 1. The predicted molar refractivity (Wildman–Crippen MR) is 117 cm³/mol. The molecular formula is C23H19ClN2O5. The van der Waals surface area contributed by atoms with Crippen molar-refractivity contribution in [1.29, 1.82) is 0 Å². The van der Waals surface area contributed by atoms with Crippen LogP contribution in [0.1, 0.15) is 26.3 Å². The third-order valence-electron chi connectivity index (χ3n) is 4.22. The van der Waals surface area contributed by atoms with Crippen LogP contribution >= 0.6 is 11.6 Å². The number of nitrogens with one attached hydrogen (secondary N) is 1. The topological polar surface area (TPSA) is 86.2 Å². The molecule has 0 atom stereocenters. The summed E-state index contributed by atoms with van der Waals surface area (Å²) in [5.74, 6) is 0.244. The van der Waals surface area contributed by atoms with Crippen LogP contribution in [-0.2, 0) is 0 Å². The fraction of sp³-hybridized carbons (Fsp3) is 0.0870. The number of nitrogens with zero attached hydrogens (tertiary/aromatic N) is 1. The Labute approximate surface area is 184 Å². The number of halogens is 1. The van der Waals surface area contributed by atoms with Crippen molar-refractivity contribution >= 4 is 29.7 Å². The van der Waals surface area contributed by atoms with Gasteiger partial charge in [0.15, 0.2) is 11.5 Å². The van der Waals surface area contributed by atoms with Crippen molar-refractivity contribution in [1.82, 2.24) is 5.43 Å². The lowest BCUT2D eigenvalue weighted by Crippen LogP contribution is -2.17. The fourth-order valence-corrected chi connectivity index (χ4v) is 2.82. The molecule has 31 heavy (non-hydrogen) atoms. The molecule has 0 saturated heterocycles. The second-order valence-corrected chi connectivity index (χ2v) is 6.61. The standard InChI is InChI=1S/C23H19ClN2O5/c1-29-17-10-8-16(9-11-17)22(27)26-25-14-15-7-12-20(21(13-15)30-2)31-23(28)18-5-3-4-6-19(18)24/h3-14H,1-2H3,(H,26,27). The van der Waals surface area contributed by atoms with E-state index < -0.39 is 5.97 Å². The molecule has 0 aliphatic heterocycles. The highest BCUT2D eigenvalue weighted by atomic mass is 35.5. The van der Waals surface area contributed by atoms with Gasteiger partial charge in [-0.15, -0.1) is 0 Å². The molecule has 0 aliphatic carbocycles. The van der Waals surface area contributed by atoms with Crippen molar-refractivity contribution in [2.45, 2.75) is 0 Å². The van der Waals surface area contributed by atoms with Gasteiger partial charge in [0.25, 0.3) is 5.91 Å². The van der Waals surface area contributed by atoms with Gasteiger partial charge in [-0.1, -0.05) is 23.7 Å². The molecule has 0 bridgehead atoms. The first-order valence-electron chi connectivity index (χ1n) is 9.14. The molecule has 3 rings (SSSR count). The molecule has 3 aromatic rings. The Balaban J connectivity index is 1.67. The van der Waals surface area contributed by atoms with E-state index in [0.717, 1.165) is 0 Å². The van der Waals surface area contributed by atoms with Crippen LogP contribution in [0, 0.1) is 0 Å². The van der Waals surface area contributed by atoms with E-state index in [2.05, 4.69) is 10.5 Å². The number of benzene rings is 3. The average Bonchev–Trinajstić information content (AvgIpc) is 2.80. The van der Waals surface area contributed by atoms with Crippen molar-refractivity contribution in [2.24, 2.45) is 5.10 Å². The van der Waals surface area contributed by atoms with E-state index in [1.54, 1.807) is 73.8 Å². The lowest BCUT2D eigenvalue weighted by Gasteiger charge is -2.10. The van der Waals surface area contributed by atoms with E-state index >= 15 is 0 Å². The van der Waals surface area contributed by atoms with Gasteiger partial charge in [-0.25, -0.2) is 10.2 Å². The van der Waals surface area contributed by atoms with Crippen LogP contribution in [0.25, 0.3) is 0 Å². The largest absolute Gasteiger partial charge is 0.497 e. The normalized spacial score (nSPS) is 10.5. The average molecular weight is 439 g/mol. The first-order chi connectivity index (χ1) is 15.0. The number of hydrogen-bond acceptors (Lipinski definition) is 6. The van der Waals surface area contributed by atoms with E-state index in [0.29, 0.717) is 27.6 Å². The van der Waals surface area contributed by atoms with Gasteiger partial charge in [0.05, 0.1) is 31.0 Å². The lowest BCUT2D eigenvalue weighted by atomic mass is 10.2. The Kier molecular flexibility index (Phi) is 7.24. The highest BCUT2D eigenvalue weighted by Crippen LogP contribution is 2.29. The number of ether oxygens (including phenoxy) is 3. The van der Waals surface area contributed by atoms with Crippen molar-refractivity contribution in [3.63, 3.8) is 0 Å². The molecule has 0 unspecified atom stereocenters. The van der Waals surface area contributed by atoms with Gasteiger partial charge in [-0.2, -0.15) is 5.10 Å². The SMILES string of the molecule is COc1ccc(C(=O)NN=Cc2ccc(OC(=O)c3ccccc3Cl)c(OC)c2)cc1. The zero-order valence-corrected chi connectivity index (χ0v) is 17.6. The number of methoxy groups -OCH3 is 2. The Bertz CT molecular complexity index is 1110. The molecule has 0 spiro atoms. The third-order valence-corrected chi connectivity index (χ3v) is 4.55. The van der Waals surface area contributed by atoms with Crippen LogP contribution in [0.15, 0.2) is 71.8 Å². The number of rotatable bonds is 7. The second kappa shape index (κ2) is 10.3. The number of carbonyl (C=O) groups excluding carboxylic acids is 2. The molecule has 158 valence electrons. The van der Waals surface area contributed by atoms with E-state index in [4.69, 9.17) is 25.8 Å². The van der Waals surface area contributed by atoms with Gasteiger partial charge in [-0.05, 0) is 60.2 Å². The van der Waals surface area contributed by atoms with Crippen LogP contribution < -0.4 is 19.6 Å². The molecule has 0 heterocycles. The minimum absolute atomic E-state index is 0.229. The zero-order chi connectivity index (χ0) is 22.2. The van der Waals surface area contributed by atoms with Gasteiger partial charge >= 0.3 is 5.97 Å². The van der Waals surface area contributed by atoms with Gasteiger partial charge in [0, 0.05) is 5.56 Å². The van der Waals surface area contributed by atoms with E-state index in [9.17, 15) is 9.59 Å².